The van der Waals surface area contributed by atoms with Gasteiger partial charge in [-0.3, -0.25) is 38.1 Å². The summed E-state index contributed by atoms with van der Waals surface area (Å²) < 4.78 is 31.6. The highest BCUT2D eigenvalue weighted by atomic mass is 32.3. The lowest BCUT2D eigenvalue weighted by Crippen LogP contribution is -2.64. The molecular formula is C19H34N12O11S. The van der Waals surface area contributed by atoms with E-state index in [1.807, 2.05) is 5.32 Å². The Kier molecular flexibility index (Phi) is 14.2. The van der Waals surface area contributed by atoms with Crippen LogP contribution in [0.15, 0.2) is 16.9 Å². The maximum atomic E-state index is 13.1. The van der Waals surface area contributed by atoms with Crippen molar-refractivity contribution in [1.29, 1.82) is 0 Å². The molecule has 7 amide bonds. The van der Waals surface area contributed by atoms with Crippen molar-refractivity contribution in [1.82, 2.24) is 37.2 Å². The van der Waals surface area contributed by atoms with E-state index in [0.717, 1.165) is 6.20 Å². The third-order valence-electron chi connectivity index (χ3n) is 5.41. The highest BCUT2D eigenvalue weighted by Crippen LogP contribution is 2.06. The minimum Gasteiger partial charge on any atom is -0.394 e. The fraction of sp³-hybridized carbons (Fsp3) is 0.526. The van der Waals surface area contributed by atoms with E-state index in [-0.39, 0.29) is 18.9 Å². The number of nitrogens with zero attached hydrogens (tertiary/aromatic N) is 1. The summed E-state index contributed by atoms with van der Waals surface area (Å²) in [7, 11) is -4.67. The van der Waals surface area contributed by atoms with Crippen molar-refractivity contribution in [2.24, 2.45) is 27.9 Å². The molecule has 2 aliphatic heterocycles. The van der Waals surface area contributed by atoms with Crippen LogP contribution < -0.4 is 60.2 Å². The van der Waals surface area contributed by atoms with E-state index in [9.17, 15) is 33.9 Å². The van der Waals surface area contributed by atoms with Crippen LogP contribution in [0, 0.1) is 0 Å². The summed E-state index contributed by atoms with van der Waals surface area (Å²) in [5, 5.41) is 25.9. The van der Waals surface area contributed by atoms with Crippen molar-refractivity contribution < 1.29 is 51.4 Å². The number of urea groups is 1. The predicted molar refractivity (Wildman–Crippen MR) is 144 cm³/mol. The fourth-order valence-electron chi connectivity index (χ4n) is 3.36. The molecule has 1 unspecified atom stereocenters. The number of aliphatic imine (C=N–C) groups is 1. The molecule has 0 spiro atoms. The Hall–Kier alpha value is -4.62. The average molecular weight is 639 g/mol. The van der Waals surface area contributed by atoms with E-state index in [0.29, 0.717) is 0 Å². The first-order chi connectivity index (χ1) is 20.0. The Labute approximate surface area is 243 Å². The zero-order valence-corrected chi connectivity index (χ0v) is 23.1. The fourth-order valence-corrected chi connectivity index (χ4v) is 3.36. The van der Waals surface area contributed by atoms with E-state index in [4.69, 9.17) is 40.5 Å². The van der Waals surface area contributed by atoms with E-state index in [1.54, 1.807) is 0 Å². The topological polar surface area (TPSA) is 398 Å². The second kappa shape index (κ2) is 16.7. The van der Waals surface area contributed by atoms with Crippen molar-refractivity contribution >= 4 is 51.9 Å². The molecule has 1 saturated heterocycles. The van der Waals surface area contributed by atoms with E-state index in [2.05, 4.69) is 36.9 Å². The summed E-state index contributed by atoms with van der Waals surface area (Å²) in [4.78, 5) is 79.2. The smallest absolute Gasteiger partial charge is 0.394 e. The molecule has 242 valence electrons. The molecule has 5 atom stereocenters. The first-order valence-electron chi connectivity index (χ1n) is 12.1. The highest BCUT2D eigenvalue weighted by Gasteiger charge is 2.34. The van der Waals surface area contributed by atoms with Crippen LogP contribution in [-0.4, -0.2) is 121 Å². The highest BCUT2D eigenvalue weighted by molar-refractivity contribution is 7.79. The zero-order valence-electron chi connectivity index (χ0n) is 22.3. The van der Waals surface area contributed by atoms with Gasteiger partial charge < -0.3 is 65.3 Å². The molecule has 0 radical (unpaired) electrons. The third kappa shape index (κ3) is 13.3. The molecule has 43 heavy (non-hydrogen) atoms. The number of nitrogens with two attached hydrogens (primary N) is 4. The predicted octanol–water partition coefficient (Wildman–Crippen LogP) is -8.50. The summed E-state index contributed by atoms with van der Waals surface area (Å²) in [6.07, 6.45) is 1.04. The van der Waals surface area contributed by atoms with Crippen molar-refractivity contribution in [2.45, 2.75) is 36.6 Å². The first kappa shape index (κ1) is 36.4. The van der Waals surface area contributed by atoms with Gasteiger partial charge in [-0.05, 0) is 6.42 Å². The van der Waals surface area contributed by atoms with Gasteiger partial charge in [0.25, 0.3) is 5.91 Å². The number of hydrogen-bond donors (Lipinski definition) is 14. The molecule has 0 aromatic carbocycles. The molecule has 0 saturated carbocycles. The van der Waals surface area contributed by atoms with E-state index < -0.39 is 102 Å². The van der Waals surface area contributed by atoms with Crippen molar-refractivity contribution in [2.75, 3.05) is 26.2 Å². The number of aliphatic hydroxyl groups is 1. The molecule has 23 nitrogen and oxygen atoms in total. The van der Waals surface area contributed by atoms with Crippen molar-refractivity contribution in [3.63, 3.8) is 0 Å². The molecule has 24 heteroatoms. The number of carbonyl (C=O) groups excluding carboxylic acids is 6. The van der Waals surface area contributed by atoms with Gasteiger partial charge in [-0.2, -0.15) is 8.42 Å². The van der Waals surface area contributed by atoms with Crippen molar-refractivity contribution in [3.05, 3.63) is 11.9 Å². The van der Waals surface area contributed by atoms with E-state index in [1.165, 1.54) is 0 Å². The van der Waals surface area contributed by atoms with Gasteiger partial charge in [0.1, 0.15) is 29.9 Å². The van der Waals surface area contributed by atoms with Crippen LogP contribution >= 0.6 is 0 Å². The Morgan fingerprint density at radius 2 is 1.60 bits per heavy atom. The molecule has 1 fully saturated rings. The first-order valence-corrected chi connectivity index (χ1v) is 13.5. The quantitative estimate of drug-likeness (QED) is 0.100. The Balaban J connectivity index is 0.00000170. The number of aliphatic hydroxyl groups excluding tert-OH is 1. The van der Waals surface area contributed by atoms with Gasteiger partial charge in [-0.25, -0.2) is 4.79 Å². The summed E-state index contributed by atoms with van der Waals surface area (Å²) in [5.41, 5.74) is 21.6. The van der Waals surface area contributed by atoms with Crippen LogP contribution in [0.1, 0.15) is 6.42 Å². The molecule has 18 N–H and O–H groups in total. The molecule has 0 aliphatic carbocycles. The molecule has 0 aromatic heterocycles. The Bertz CT molecular complexity index is 1230. The lowest BCUT2D eigenvalue weighted by atomic mass is 10.0. The standard InChI is InChI=1S/C19H32N12O7.H2O4S/c20-3-9-14(34)28-10(5-26-19(23)38)15(35)31-12(8-1-2-24-18(22)30-8)17(37)25-4-7(21)13(33)29-11(6-32)16(36)27-9;1-5(2,3)4/h5,7-9,11-12,32H,1-4,6,20-21H2,(H,25,37)(H,27,36)(H,28,34)(H,29,33)(H,31,35)(H3,22,24,30)(H3,23,26,38);(H2,1,2,3,4)/b10-5-;/t7-,8?,9-,11-,12-;/m0./s1. The van der Waals surface area contributed by atoms with Crippen LogP contribution in [0.4, 0.5) is 4.79 Å². The zero-order chi connectivity index (χ0) is 32.9. The third-order valence-corrected chi connectivity index (χ3v) is 5.41. The molecule has 2 heterocycles. The number of nitrogens with one attached hydrogen (secondary N) is 7. The Morgan fingerprint density at radius 3 is 2.14 bits per heavy atom. The second-order valence-electron chi connectivity index (χ2n) is 8.65. The van der Waals surface area contributed by atoms with Gasteiger partial charge in [0.2, 0.25) is 23.6 Å². The van der Waals surface area contributed by atoms with Gasteiger partial charge in [-0.15, -0.1) is 0 Å². The van der Waals surface area contributed by atoms with Gasteiger partial charge in [0, 0.05) is 25.8 Å². The van der Waals surface area contributed by atoms with Crippen LogP contribution in [0.2, 0.25) is 0 Å². The summed E-state index contributed by atoms with van der Waals surface area (Å²) in [6.45, 7) is -1.50. The number of carbonyl (C=O) groups is 6. The number of amides is 7. The van der Waals surface area contributed by atoms with Crippen LogP contribution in [0.3, 0.4) is 0 Å². The van der Waals surface area contributed by atoms with E-state index >= 15 is 0 Å². The Morgan fingerprint density at radius 1 is 1.00 bits per heavy atom. The molecule has 2 rings (SSSR count). The largest absolute Gasteiger partial charge is 0.394 e. The number of hydrogen-bond acceptors (Lipinski definition) is 14. The monoisotopic (exact) mass is 638 g/mol. The second-order valence-corrected chi connectivity index (χ2v) is 9.55. The minimum absolute atomic E-state index is 0.0163. The minimum atomic E-state index is -4.67. The van der Waals surface area contributed by atoms with Crippen molar-refractivity contribution in [3.8, 4) is 0 Å². The SMILES string of the molecule is NC[C@@H]1NC(=O)[C@H](CO)NC(=O)[C@@H](N)CNC(=O)[C@H](C2CCN=C(N)N2)NC(=O)/C(=C/NC(N)=O)NC1=O.O=S(=O)(O)O. The average Bonchev–Trinajstić information content (AvgIpc) is 2.91. The molecule has 0 bridgehead atoms. The van der Waals surface area contributed by atoms with Gasteiger partial charge >= 0.3 is 16.4 Å². The lowest BCUT2D eigenvalue weighted by Gasteiger charge is -2.31. The van der Waals surface area contributed by atoms with Crippen LogP contribution in [-0.2, 0) is 34.4 Å². The summed E-state index contributed by atoms with van der Waals surface area (Å²) in [6, 6.07) is -7.50. The van der Waals surface area contributed by atoms with Gasteiger partial charge in [0.05, 0.1) is 12.6 Å². The molecular weight excluding hydrogens is 604 g/mol. The maximum Gasteiger partial charge on any atom is 0.394 e. The van der Waals surface area contributed by atoms with Crippen LogP contribution in [0.5, 0.6) is 0 Å². The normalized spacial score (nSPS) is 27.0. The maximum absolute atomic E-state index is 13.1. The number of guanidine groups is 1. The van der Waals surface area contributed by atoms with Crippen LogP contribution in [0.25, 0.3) is 0 Å². The number of primary amides is 1. The number of rotatable bonds is 4. The van der Waals surface area contributed by atoms with Gasteiger partial charge in [-0.1, -0.05) is 0 Å². The molecule has 0 aromatic rings. The molecule has 2 aliphatic rings. The summed E-state index contributed by atoms with van der Waals surface area (Å²) in [5.74, 6) is -4.69. The lowest BCUT2D eigenvalue weighted by molar-refractivity contribution is -0.133. The van der Waals surface area contributed by atoms with Gasteiger partial charge in [0.15, 0.2) is 5.96 Å². The summed E-state index contributed by atoms with van der Waals surface area (Å²) >= 11 is 0.